The van der Waals surface area contributed by atoms with E-state index in [0.717, 1.165) is 70.9 Å². The van der Waals surface area contributed by atoms with E-state index < -0.39 is 0 Å². The van der Waals surface area contributed by atoms with Crippen LogP contribution in [0.5, 0.6) is 0 Å². The predicted octanol–water partition coefficient (Wildman–Crippen LogP) is 2.09. The number of nitrogens with one attached hydrogen (secondary N) is 2. The Balaban J connectivity index is 0.00000312. The highest BCUT2D eigenvalue weighted by molar-refractivity contribution is 14.0. The maximum absolute atomic E-state index is 5.74. The third-order valence-electron chi connectivity index (χ3n) is 4.81. The summed E-state index contributed by atoms with van der Waals surface area (Å²) in [5.41, 5.74) is 0. The number of likely N-dealkylation sites (N-methyl/N-ethyl adjacent to an activating group) is 1. The SMILES string of the molecule is CCNC(=NCC(C)N(C)C1CC1)NCCCOCC1CCOC1.I. The molecule has 0 bridgehead atoms. The molecule has 1 saturated carbocycles. The summed E-state index contributed by atoms with van der Waals surface area (Å²) in [4.78, 5) is 7.17. The van der Waals surface area contributed by atoms with E-state index in [2.05, 4.69) is 36.4 Å². The lowest BCUT2D eigenvalue weighted by atomic mass is 10.1. The molecule has 6 nitrogen and oxygen atoms in total. The number of halogens is 1. The van der Waals surface area contributed by atoms with Gasteiger partial charge in [0.1, 0.15) is 0 Å². The fraction of sp³-hybridized carbons (Fsp3) is 0.944. The van der Waals surface area contributed by atoms with Gasteiger partial charge in [-0.15, -0.1) is 24.0 Å². The van der Waals surface area contributed by atoms with E-state index in [4.69, 9.17) is 14.5 Å². The molecule has 1 saturated heterocycles. The first kappa shape index (κ1) is 22.9. The second-order valence-corrected chi connectivity index (χ2v) is 7.05. The monoisotopic (exact) mass is 468 g/mol. The zero-order chi connectivity index (χ0) is 17.2. The molecule has 2 N–H and O–H groups in total. The zero-order valence-electron chi connectivity index (χ0n) is 16.1. The maximum atomic E-state index is 5.74. The topological polar surface area (TPSA) is 58.1 Å². The molecule has 2 fully saturated rings. The van der Waals surface area contributed by atoms with Gasteiger partial charge >= 0.3 is 0 Å². The Bertz CT molecular complexity index is 374. The quantitative estimate of drug-likeness (QED) is 0.211. The molecular formula is C18H37IN4O2. The molecule has 0 radical (unpaired) electrons. The van der Waals surface area contributed by atoms with Gasteiger partial charge < -0.3 is 20.1 Å². The van der Waals surface area contributed by atoms with Crippen LogP contribution >= 0.6 is 24.0 Å². The van der Waals surface area contributed by atoms with Gasteiger partial charge in [-0.05, 0) is 46.6 Å². The van der Waals surface area contributed by atoms with Gasteiger partial charge in [0.05, 0.1) is 19.8 Å². The number of nitrogens with zero attached hydrogens (tertiary/aromatic N) is 2. The zero-order valence-corrected chi connectivity index (χ0v) is 18.5. The van der Waals surface area contributed by atoms with E-state index in [0.29, 0.717) is 12.0 Å². The Morgan fingerprint density at radius 2 is 2.12 bits per heavy atom. The Kier molecular flexibility index (Phi) is 12.0. The standard InChI is InChI=1S/C18H36N4O2.HI/c1-4-19-18(21-12-15(2)22(3)17-6-7-17)20-9-5-10-23-13-16-8-11-24-14-16;/h15-17H,4-14H2,1-3H3,(H2,19,20,21);1H. The Labute approximate surface area is 170 Å². The molecule has 0 aromatic carbocycles. The largest absolute Gasteiger partial charge is 0.381 e. The molecule has 0 aromatic rings. The molecule has 1 heterocycles. The van der Waals surface area contributed by atoms with Crippen LogP contribution in [-0.2, 0) is 9.47 Å². The van der Waals surface area contributed by atoms with Crippen molar-refractivity contribution in [3.8, 4) is 0 Å². The van der Waals surface area contributed by atoms with Gasteiger partial charge in [0.15, 0.2) is 5.96 Å². The smallest absolute Gasteiger partial charge is 0.191 e. The van der Waals surface area contributed by atoms with Crippen molar-refractivity contribution in [1.82, 2.24) is 15.5 Å². The molecule has 2 atom stereocenters. The molecule has 2 aliphatic rings. The third kappa shape index (κ3) is 9.40. The molecular weight excluding hydrogens is 431 g/mol. The summed E-state index contributed by atoms with van der Waals surface area (Å²) in [6.07, 6.45) is 4.82. The summed E-state index contributed by atoms with van der Waals surface area (Å²) >= 11 is 0. The minimum Gasteiger partial charge on any atom is -0.381 e. The summed E-state index contributed by atoms with van der Waals surface area (Å²) in [6.45, 7) is 10.4. The summed E-state index contributed by atoms with van der Waals surface area (Å²) < 4.78 is 11.1. The van der Waals surface area contributed by atoms with Crippen LogP contribution in [-0.4, -0.2) is 76.1 Å². The second-order valence-electron chi connectivity index (χ2n) is 7.05. The lowest BCUT2D eigenvalue weighted by molar-refractivity contribution is 0.0888. The normalized spacial score (nSPS) is 21.9. The molecule has 7 heteroatoms. The Morgan fingerprint density at radius 3 is 2.76 bits per heavy atom. The molecule has 25 heavy (non-hydrogen) atoms. The molecule has 0 spiro atoms. The molecule has 0 amide bonds. The van der Waals surface area contributed by atoms with Gasteiger partial charge in [0, 0.05) is 44.3 Å². The van der Waals surface area contributed by atoms with Crippen LogP contribution in [0.4, 0.5) is 0 Å². The fourth-order valence-corrected chi connectivity index (χ4v) is 2.88. The Morgan fingerprint density at radius 1 is 1.32 bits per heavy atom. The third-order valence-corrected chi connectivity index (χ3v) is 4.81. The summed E-state index contributed by atoms with van der Waals surface area (Å²) in [5, 5.41) is 6.72. The van der Waals surface area contributed by atoms with Crippen LogP contribution in [0.1, 0.15) is 39.5 Å². The Hall–Kier alpha value is -0.120. The van der Waals surface area contributed by atoms with Crippen LogP contribution in [0.2, 0.25) is 0 Å². The average Bonchev–Trinajstić information content (AvgIpc) is 3.31. The van der Waals surface area contributed by atoms with Crippen molar-refractivity contribution in [3.63, 3.8) is 0 Å². The van der Waals surface area contributed by atoms with Gasteiger partial charge in [-0.2, -0.15) is 0 Å². The van der Waals surface area contributed by atoms with Crippen LogP contribution < -0.4 is 10.6 Å². The number of hydrogen-bond donors (Lipinski definition) is 2. The first-order chi connectivity index (χ1) is 11.7. The highest BCUT2D eigenvalue weighted by Crippen LogP contribution is 2.26. The summed E-state index contributed by atoms with van der Waals surface area (Å²) in [7, 11) is 2.21. The van der Waals surface area contributed by atoms with Gasteiger partial charge in [-0.25, -0.2) is 0 Å². The lowest BCUT2D eigenvalue weighted by Gasteiger charge is -2.23. The number of hydrogen-bond acceptors (Lipinski definition) is 4. The van der Waals surface area contributed by atoms with Crippen LogP contribution in [0.3, 0.4) is 0 Å². The number of guanidine groups is 1. The van der Waals surface area contributed by atoms with Crippen molar-refractivity contribution in [2.45, 2.75) is 51.6 Å². The van der Waals surface area contributed by atoms with Gasteiger partial charge in [-0.1, -0.05) is 0 Å². The van der Waals surface area contributed by atoms with Crippen molar-refractivity contribution in [2.75, 3.05) is 53.1 Å². The lowest BCUT2D eigenvalue weighted by Crippen LogP contribution is -2.40. The molecule has 1 aliphatic heterocycles. The summed E-state index contributed by atoms with van der Waals surface area (Å²) in [6, 6.07) is 1.28. The molecule has 148 valence electrons. The summed E-state index contributed by atoms with van der Waals surface area (Å²) in [5.74, 6) is 1.51. The molecule has 0 aromatic heterocycles. The van der Waals surface area contributed by atoms with Crippen molar-refractivity contribution < 1.29 is 9.47 Å². The van der Waals surface area contributed by atoms with Gasteiger partial charge in [0.25, 0.3) is 0 Å². The van der Waals surface area contributed by atoms with Crippen LogP contribution in [0, 0.1) is 5.92 Å². The van der Waals surface area contributed by atoms with Crippen LogP contribution in [0.25, 0.3) is 0 Å². The van der Waals surface area contributed by atoms with E-state index in [9.17, 15) is 0 Å². The molecule has 2 rings (SSSR count). The average molecular weight is 468 g/mol. The number of aliphatic imine (C=N–C) groups is 1. The van der Waals surface area contributed by atoms with E-state index in [1.54, 1.807) is 0 Å². The second kappa shape index (κ2) is 13.1. The van der Waals surface area contributed by atoms with Crippen molar-refractivity contribution in [1.29, 1.82) is 0 Å². The van der Waals surface area contributed by atoms with E-state index in [-0.39, 0.29) is 24.0 Å². The van der Waals surface area contributed by atoms with E-state index in [1.807, 2.05) is 0 Å². The van der Waals surface area contributed by atoms with Crippen molar-refractivity contribution in [3.05, 3.63) is 0 Å². The number of ether oxygens (including phenoxy) is 2. The predicted molar refractivity (Wildman–Crippen MR) is 114 cm³/mol. The van der Waals surface area contributed by atoms with Gasteiger partial charge in [0.2, 0.25) is 0 Å². The first-order valence-electron chi connectivity index (χ1n) is 9.60. The van der Waals surface area contributed by atoms with Crippen molar-refractivity contribution >= 4 is 29.9 Å². The molecule has 1 aliphatic carbocycles. The molecule has 2 unspecified atom stereocenters. The van der Waals surface area contributed by atoms with E-state index >= 15 is 0 Å². The maximum Gasteiger partial charge on any atom is 0.191 e. The minimum atomic E-state index is 0. The number of rotatable bonds is 11. The highest BCUT2D eigenvalue weighted by atomic mass is 127. The van der Waals surface area contributed by atoms with Crippen LogP contribution in [0.15, 0.2) is 4.99 Å². The fourth-order valence-electron chi connectivity index (χ4n) is 2.88. The first-order valence-corrected chi connectivity index (χ1v) is 9.60. The van der Waals surface area contributed by atoms with Crippen molar-refractivity contribution in [2.24, 2.45) is 10.9 Å². The minimum absolute atomic E-state index is 0. The highest BCUT2D eigenvalue weighted by Gasteiger charge is 2.28. The van der Waals surface area contributed by atoms with E-state index in [1.165, 1.54) is 12.8 Å². The van der Waals surface area contributed by atoms with Gasteiger partial charge in [-0.3, -0.25) is 9.89 Å².